The zero-order chi connectivity index (χ0) is 15.5. The Balaban J connectivity index is 1.90. The van der Waals surface area contributed by atoms with Crippen LogP contribution in [0.2, 0.25) is 0 Å². The lowest BCUT2D eigenvalue weighted by Crippen LogP contribution is -2.26. The van der Waals surface area contributed by atoms with Crippen molar-refractivity contribution >= 4 is 5.78 Å². The molecule has 1 saturated heterocycles. The predicted octanol–water partition coefficient (Wildman–Crippen LogP) is 2.20. The molecule has 2 N–H and O–H groups in total. The van der Waals surface area contributed by atoms with Crippen LogP contribution in [-0.2, 0) is 16.0 Å². The number of carbonyl (C=O) groups is 1. The van der Waals surface area contributed by atoms with E-state index in [1.54, 1.807) is 0 Å². The van der Waals surface area contributed by atoms with Gasteiger partial charge in [0, 0.05) is 13.0 Å². The minimum atomic E-state index is -4.72. The maximum absolute atomic E-state index is 12.0. The van der Waals surface area contributed by atoms with Gasteiger partial charge in [0.1, 0.15) is 11.9 Å². The van der Waals surface area contributed by atoms with Gasteiger partial charge in [-0.2, -0.15) is 0 Å². The Morgan fingerprint density at radius 3 is 2.48 bits per heavy atom. The second kappa shape index (κ2) is 6.44. The van der Waals surface area contributed by atoms with E-state index in [2.05, 4.69) is 4.74 Å². The summed E-state index contributed by atoms with van der Waals surface area (Å²) in [5.74, 6) is -0.394. The highest BCUT2D eigenvalue weighted by Crippen LogP contribution is 2.24. The molecule has 1 aliphatic heterocycles. The van der Waals surface area contributed by atoms with Crippen LogP contribution >= 0.6 is 0 Å². The van der Waals surface area contributed by atoms with Gasteiger partial charge in [-0.15, -0.1) is 13.2 Å². The smallest absolute Gasteiger partial charge is 0.406 e. The van der Waals surface area contributed by atoms with E-state index < -0.39 is 12.5 Å². The van der Waals surface area contributed by atoms with Gasteiger partial charge in [-0.3, -0.25) is 4.79 Å². The highest BCUT2D eigenvalue weighted by molar-refractivity contribution is 5.85. The Hall–Kier alpha value is -1.60. The fourth-order valence-corrected chi connectivity index (χ4v) is 2.24. The van der Waals surface area contributed by atoms with Crippen molar-refractivity contribution in [1.82, 2.24) is 0 Å². The van der Waals surface area contributed by atoms with Gasteiger partial charge in [-0.1, -0.05) is 12.1 Å². The van der Waals surface area contributed by atoms with E-state index in [1.165, 1.54) is 24.3 Å². The van der Waals surface area contributed by atoms with Crippen molar-refractivity contribution < 1.29 is 27.4 Å². The minimum Gasteiger partial charge on any atom is -0.406 e. The molecule has 0 amide bonds. The quantitative estimate of drug-likeness (QED) is 0.906. The number of ketones is 1. The normalized spacial score (nSPS) is 22.3. The van der Waals surface area contributed by atoms with Crippen molar-refractivity contribution in [2.75, 3.05) is 6.54 Å². The van der Waals surface area contributed by atoms with Crippen LogP contribution in [0.15, 0.2) is 24.3 Å². The van der Waals surface area contributed by atoms with Crippen LogP contribution in [0.3, 0.4) is 0 Å². The molecule has 0 spiro atoms. The van der Waals surface area contributed by atoms with E-state index in [-0.39, 0.29) is 24.1 Å². The van der Waals surface area contributed by atoms with Crippen LogP contribution < -0.4 is 10.5 Å². The summed E-state index contributed by atoms with van der Waals surface area (Å²) in [5.41, 5.74) is 6.09. The summed E-state index contributed by atoms with van der Waals surface area (Å²) in [7, 11) is 0. The van der Waals surface area contributed by atoms with Crippen molar-refractivity contribution in [3.8, 4) is 5.75 Å². The highest BCUT2D eigenvalue weighted by atomic mass is 19.4. The molecule has 0 radical (unpaired) electrons. The van der Waals surface area contributed by atoms with E-state index in [0.717, 1.165) is 6.42 Å². The molecule has 2 unspecified atom stereocenters. The number of hydrogen-bond donors (Lipinski definition) is 1. The van der Waals surface area contributed by atoms with Crippen LogP contribution in [0.1, 0.15) is 18.4 Å². The number of carbonyl (C=O) groups excluding carboxylic acids is 1. The summed E-state index contributed by atoms with van der Waals surface area (Å²) >= 11 is 0. The summed E-state index contributed by atoms with van der Waals surface area (Å²) in [6.07, 6.45) is -3.76. The van der Waals surface area contributed by atoms with Crippen molar-refractivity contribution in [3.05, 3.63) is 29.8 Å². The Morgan fingerprint density at radius 1 is 1.29 bits per heavy atom. The monoisotopic (exact) mass is 303 g/mol. The number of halogens is 3. The van der Waals surface area contributed by atoms with Crippen molar-refractivity contribution in [2.24, 2.45) is 5.73 Å². The van der Waals surface area contributed by atoms with E-state index in [4.69, 9.17) is 10.5 Å². The first-order valence-corrected chi connectivity index (χ1v) is 6.60. The molecule has 7 heteroatoms. The van der Waals surface area contributed by atoms with Crippen molar-refractivity contribution in [3.63, 3.8) is 0 Å². The van der Waals surface area contributed by atoms with Gasteiger partial charge in [0.2, 0.25) is 0 Å². The maximum Gasteiger partial charge on any atom is 0.573 e. The lowest BCUT2D eigenvalue weighted by Gasteiger charge is -2.12. The van der Waals surface area contributed by atoms with Gasteiger partial charge in [0.25, 0.3) is 0 Å². The Kier molecular flexibility index (Phi) is 4.84. The minimum absolute atomic E-state index is 0.0819. The fourth-order valence-electron chi connectivity index (χ4n) is 2.24. The zero-order valence-electron chi connectivity index (χ0n) is 11.2. The van der Waals surface area contributed by atoms with E-state index in [9.17, 15) is 18.0 Å². The number of ether oxygens (including phenoxy) is 2. The average Bonchev–Trinajstić information content (AvgIpc) is 2.88. The average molecular weight is 303 g/mol. The van der Waals surface area contributed by atoms with Crippen LogP contribution in [0.25, 0.3) is 0 Å². The molecule has 4 nitrogen and oxygen atoms in total. The van der Waals surface area contributed by atoms with Gasteiger partial charge >= 0.3 is 6.36 Å². The first kappa shape index (κ1) is 15.8. The summed E-state index contributed by atoms with van der Waals surface area (Å²) in [6, 6.07) is 5.26. The fraction of sp³-hybridized carbons (Fsp3) is 0.500. The van der Waals surface area contributed by atoms with E-state index in [1.807, 2.05) is 0 Å². The first-order valence-electron chi connectivity index (χ1n) is 6.60. The van der Waals surface area contributed by atoms with E-state index in [0.29, 0.717) is 18.5 Å². The summed E-state index contributed by atoms with van der Waals surface area (Å²) < 4.78 is 45.3. The number of Topliss-reactive ketones (excluding diaryl/α,β-unsaturated/α-hetero) is 1. The van der Waals surface area contributed by atoms with Crippen LogP contribution in [-0.4, -0.2) is 30.9 Å². The lowest BCUT2D eigenvalue weighted by molar-refractivity contribution is -0.274. The topological polar surface area (TPSA) is 61.6 Å². The van der Waals surface area contributed by atoms with Crippen LogP contribution in [0.4, 0.5) is 13.2 Å². The molecule has 2 rings (SSSR count). The number of rotatable bonds is 5. The third-order valence-electron chi connectivity index (χ3n) is 3.26. The third kappa shape index (κ3) is 4.71. The van der Waals surface area contributed by atoms with Crippen molar-refractivity contribution in [1.29, 1.82) is 0 Å². The zero-order valence-corrected chi connectivity index (χ0v) is 11.2. The van der Waals surface area contributed by atoms with Gasteiger partial charge in [0.15, 0.2) is 5.78 Å². The number of benzene rings is 1. The SMILES string of the molecule is NCC1CCC(C(=O)Cc2ccc(OC(F)(F)F)cc2)O1. The van der Waals surface area contributed by atoms with Crippen LogP contribution in [0, 0.1) is 0 Å². The molecule has 1 heterocycles. The Morgan fingerprint density at radius 2 is 1.95 bits per heavy atom. The Bertz CT molecular complexity index is 487. The molecule has 1 aromatic rings. The van der Waals surface area contributed by atoms with Gasteiger partial charge < -0.3 is 15.2 Å². The molecule has 21 heavy (non-hydrogen) atoms. The number of nitrogens with two attached hydrogens (primary N) is 1. The molecule has 1 fully saturated rings. The number of hydrogen-bond acceptors (Lipinski definition) is 4. The molecular formula is C14H16F3NO3. The molecule has 0 saturated carbocycles. The second-order valence-electron chi connectivity index (χ2n) is 4.89. The largest absolute Gasteiger partial charge is 0.573 e. The summed E-state index contributed by atoms with van der Waals surface area (Å²) in [6.45, 7) is 0.382. The molecular weight excluding hydrogens is 287 g/mol. The second-order valence-corrected chi connectivity index (χ2v) is 4.89. The molecule has 2 atom stereocenters. The highest BCUT2D eigenvalue weighted by Gasteiger charge is 2.31. The molecule has 0 bridgehead atoms. The Labute approximate surface area is 120 Å². The van der Waals surface area contributed by atoms with Gasteiger partial charge in [-0.25, -0.2) is 0 Å². The molecule has 0 aliphatic carbocycles. The van der Waals surface area contributed by atoms with Crippen molar-refractivity contribution in [2.45, 2.75) is 37.8 Å². The van der Waals surface area contributed by atoms with Gasteiger partial charge in [0.05, 0.1) is 6.10 Å². The predicted molar refractivity (Wildman–Crippen MR) is 68.8 cm³/mol. The van der Waals surface area contributed by atoms with Gasteiger partial charge in [-0.05, 0) is 30.5 Å². The third-order valence-corrected chi connectivity index (χ3v) is 3.26. The maximum atomic E-state index is 12.0. The van der Waals surface area contributed by atoms with Crippen LogP contribution in [0.5, 0.6) is 5.75 Å². The number of alkyl halides is 3. The summed E-state index contributed by atoms with van der Waals surface area (Å²) in [4.78, 5) is 12.0. The lowest BCUT2D eigenvalue weighted by atomic mass is 10.0. The van der Waals surface area contributed by atoms with E-state index >= 15 is 0 Å². The first-order chi connectivity index (χ1) is 9.87. The molecule has 1 aromatic carbocycles. The molecule has 0 aromatic heterocycles. The molecule has 116 valence electrons. The standard InChI is InChI=1S/C14H16F3NO3/c15-14(16,17)21-10-3-1-9(2-4-10)7-12(19)13-6-5-11(8-18)20-13/h1-4,11,13H,5-8,18H2. The molecule has 1 aliphatic rings. The summed E-state index contributed by atoms with van der Waals surface area (Å²) in [5, 5.41) is 0.